The standard InChI is InChI=1S/C11H9BrN4O2/c12-8-2-1-6(13)5-7(8)11(18)14-9-3-4-10(17)16-15-9/h1-5H,13H2,(H,16,17)(H,14,15,18). The van der Waals surface area contributed by atoms with E-state index in [9.17, 15) is 9.59 Å². The van der Waals surface area contributed by atoms with Crippen LogP contribution >= 0.6 is 15.9 Å². The summed E-state index contributed by atoms with van der Waals surface area (Å²) in [5, 5.41) is 8.45. The Bertz CT molecular complexity index is 633. The van der Waals surface area contributed by atoms with Crippen LogP contribution < -0.4 is 16.6 Å². The number of aromatic amines is 1. The predicted molar refractivity (Wildman–Crippen MR) is 71.4 cm³/mol. The highest BCUT2D eigenvalue weighted by Crippen LogP contribution is 2.20. The molecule has 1 aromatic heterocycles. The normalized spacial score (nSPS) is 10.1. The number of nitrogens with zero attached hydrogens (tertiary/aromatic N) is 1. The quantitative estimate of drug-likeness (QED) is 0.729. The number of nitrogen functional groups attached to an aromatic ring is 1. The fraction of sp³-hybridized carbons (Fsp3) is 0. The lowest BCUT2D eigenvalue weighted by molar-refractivity contribution is 0.102. The molecular formula is C11H9BrN4O2. The van der Waals surface area contributed by atoms with Gasteiger partial charge in [0, 0.05) is 16.2 Å². The van der Waals surface area contributed by atoms with Crippen LogP contribution in [0, 0.1) is 0 Å². The SMILES string of the molecule is Nc1ccc(Br)c(C(=O)Nc2ccc(=O)[nH]n2)c1. The van der Waals surface area contributed by atoms with Crippen molar-refractivity contribution in [3.8, 4) is 0 Å². The first-order chi connectivity index (χ1) is 8.56. The molecule has 0 aliphatic carbocycles. The molecule has 18 heavy (non-hydrogen) atoms. The summed E-state index contributed by atoms with van der Waals surface area (Å²) in [6.45, 7) is 0. The third kappa shape index (κ3) is 2.75. The van der Waals surface area contributed by atoms with Crippen molar-refractivity contribution in [3.63, 3.8) is 0 Å². The number of rotatable bonds is 2. The number of carbonyl (C=O) groups excluding carboxylic acids is 1. The Morgan fingerprint density at radius 1 is 1.33 bits per heavy atom. The number of halogens is 1. The maximum atomic E-state index is 11.9. The molecule has 0 unspecified atom stereocenters. The molecule has 0 atom stereocenters. The maximum Gasteiger partial charge on any atom is 0.264 e. The third-order valence-electron chi connectivity index (χ3n) is 2.16. The van der Waals surface area contributed by atoms with Gasteiger partial charge in [0.2, 0.25) is 0 Å². The molecule has 2 aromatic rings. The van der Waals surface area contributed by atoms with Crippen LogP contribution in [-0.4, -0.2) is 16.1 Å². The van der Waals surface area contributed by atoms with Gasteiger partial charge in [0.1, 0.15) is 0 Å². The number of benzene rings is 1. The number of H-pyrrole nitrogens is 1. The molecule has 1 heterocycles. The van der Waals surface area contributed by atoms with Gasteiger partial charge < -0.3 is 11.1 Å². The molecule has 0 fully saturated rings. The monoisotopic (exact) mass is 308 g/mol. The fourth-order valence-corrected chi connectivity index (χ4v) is 1.74. The Morgan fingerprint density at radius 2 is 2.11 bits per heavy atom. The first kappa shape index (κ1) is 12.3. The van der Waals surface area contributed by atoms with E-state index in [2.05, 4.69) is 31.4 Å². The molecule has 0 radical (unpaired) electrons. The highest BCUT2D eigenvalue weighted by molar-refractivity contribution is 9.10. The summed E-state index contributed by atoms with van der Waals surface area (Å²) in [6, 6.07) is 7.60. The summed E-state index contributed by atoms with van der Waals surface area (Å²) >= 11 is 3.26. The van der Waals surface area contributed by atoms with E-state index in [4.69, 9.17) is 5.73 Å². The van der Waals surface area contributed by atoms with Crippen LogP contribution in [0.15, 0.2) is 39.6 Å². The van der Waals surface area contributed by atoms with Gasteiger partial charge in [-0.2, -0.15) is 5.10 Å². The lowest BCUT2D eigenvalue weighted by Gasteiger charge is -2.06. The van der Waals surface area contributed by atoms with Crippen LogP contribution in [-0.2, 0) is 0 Å². The second-order valence-electron chi connectivity index (χ2n) is 3.50. The van der Waals surface area contributed by atoms with Gasteiger partial charge >= 0.3 is 0 Å². The van der Waals surface area contributed by atoms with E-state index in [0.29, 0.717) is 15.7 Å². The minimum atomic E-state index is -0.367. The lowest BCUT2D eigenvalue weighted by Crippen LogP contribution is -2.16. The number of carbonyl (C=O) groups is 1. The molecule has 0 saturated heterocycles. The summed E-state index contributed by atoms with van der Waals surface area (Å²) in [5.74, 6) is -0.109. The Hall–Kier alpha value is -2.15. The number of hydrogen-bond acceptors (Lipinski definition) is 4. The highest BCUT2D eigenvalue weighted by Gasteiger charge is 2.11. The van der Waals surface area contributed by atoms with E-state index >= 15 is 0 Å². The molecule has 1 aromatic carbocycles. The average molecular weight is 309 g/mol. The molecular weight excluding hydrogens is 300 g/mol. The van der Waals surface area contributed by atoms with Crippen molar-refractivity contribution >= 4 is 33.3 Å². The van der Waals surface area contributed by atoms with Gasteiger partial charge in [-0.25, -0.2) is 5.10 Å². The van der Waals surface area contributed by atoms with Gasteiger partial charge in [0.25, 0.3) is 11.5 Å². The number of amides is 1. The predicted octanol–water partition coefficient (Wildman–Crippen LogP) is 1.37. The first-order valence-electron chi connectivity index (χ1n) is 4.98. The second kappa shape index (κ2) is 5.01. The van der Waals surface area contributed by atoms with Gasteiger partial charge in [-0.15, -0.1) is 0 Å². The Labute approximate surface area is 110 Å². The summed E-state index contributed by atoms with van der Waals surface area (Å²) in [4.78, 5) is 22.8. The number of anilines is 2. The largest absolute Gasteiger partial charge is 0.399 e. The smallest absolute Gasteiger partial charge is 0.264 e. The average Bonchev–Trinajstić information content (AvgIpc) is 2.35. The maximum absolute atomic E-state index is 11.9. The van der Waals surface area contributed by atoms with Crippen LogP contribution in [0.1, 0.15) is 10.4 Å². The summed E-state index contributed by atoms with van der Waals surface area (Å²) in [5.41, 5.74) is 6.16. The minimum Gasteiger partial charge on any atom is -0.399 e. The lowest BCUT2D eigenvalue weighted by atomic mass is 10.2. The number of nitrogens with one attached hydrogen (secondary N) is 2. The summed E-state index contributed by atoms with van der Waals surface area (Å²) in [7, 11) is 0. The van der Waals surface area contributed by atoms with E-state index in [0.717, 1.165) is 0 Å². The summed E-state index contributed by atoms with van der Waals surface area (Å²) in [6.07, 6.45) is 0. The highest BCUT2D eigenvalue weighted by atomic mass is 79.9. The van der Waals surface area contributed by atoms with E-state index in [1.807, 2.05) is 0 Å². The number of hydrogen-bond donors (Lipinski definition) is 3. The zero-order valence-corrected chi connectivity index (χ0v) is 10.7. The fourth-order valence-electron chi connectivity index (χ4n) is 1.31. The third-order valence-corrected chi connectivity index (χ3v) is 2.85. The number of aromatic nitrogens is 2. The zero-order valence-electron chi connectivity index (χ0n) is 9.11. The van der Waals surface area contributed by atoms with Crippen LogP contribution in [0.2, 0.25) is 0 Å². The molecule has 0 aliphatic heterocycles. The van der Waals surface area contributed by atoms with Crippen molar-refractivity contribution in [1.82, 2.24) is 10.2 Å². The molecule has 0 saturated carbocycles. The zero-order chi connectivity index (χ0) is 13.1. The van der Waals surface area contributed by atoms with Crippen LogP contribution in [0.5, 0.6) is 0 Å². The Kier molecular flexibility index (Phi) is 3.42. The van der Waals surface area contributed by atoms with Crippen molar-refractivity contribution in [2.45, 2.75) is 0 Å². The molecule has 4 N–H and O–H groups in total. The van der Waals surface area contributed by atoms with Crippen LogP contribution in [0.3, 0.4) is 0 Å². The molecule has 7 heteroatoms. The molecule has 0 spiro atoms. The van der Waals surface area contributed by atoms with E-state index in [1.54, 1.807) is 18.2 Å². The topological polar surface area (TPSA) is 101 Å². The van der Waals surface area contributed by atoms with Gasteiger partial charge in [-0.3, -0.25) is 9.59 Å². The molecule has 6 nitrogen and oxygen atoms in total. The Balaban J connectivity index is 2.24. The molecule has 0 aliphatic rings. The molecule has 1 amide bonds. The van der Waals surface area contributed by atoms with E-state index in [1.165, 1.54) is 12.1 Å². The van der Waals surface area contributed by atoms with Crippen LogP contribution in [0.25, 0.3) is 0 Å². The van der Waals surface area contributed by atoms with Gasteiger partial charge in [0.15, 0.2) is 5.82 Å². The van der Waals surface area contributed by atoms with Crippen molar-refractivity contribution in [2.24, 2.45) is 0 Å². The minimum absolute atomic E-state index is 0.258. The summed E-state index contributed by atoms with van der Waals surface area (Å²) < 4.78 is 0.624. The van der Waals surface area contributed by atoms with E-state index < -0.39 is 0 Å². The number of nitrogens with two attached hydrogens (primary N) is 1. The Morgan fingerprint density at radius 3 is 2.78 bits per heavy atom. The van der Waals surface area contributed by atoms with Crippen molar-refractivity contribution in [3.05, 3.63) is 50.7 Å². The van der Waals surface area contributed by atoms with Gasteiger partial charge in [-0.05, 0) is 40.2 Å². The van der Waals surface area contributed by atoms with Crippen molar-refractivity contribution in [1.29, 1.82) is 0 Å². The molecule has 0 bridgehead atoms. The second-order valence-corrected chi connectivity index (χ2v) is 4.35. The van der Waals surface area contributed by atoms with Gasteiger partial charge in [-0.1, -0.05) is 0 Å². The van der Waals surface area contributed by atoms with Gasteiger partial charge in [0.05, 0.1) is 5.56 Å². The first-order valence-corrected chi connectivity index (χ1v) is 5.77. The van der Waals surface area contributed by atoms with Crippen molar-refractivity contribution in [2.75, 3.05) is 11.1 Å². The van der Waals surface area contributed by atoms with Crippen LogP contribution in [0.4, 0.5) is 11.5 Å². The molecule has 92 valence electrons. The van der Waals surface area contributed by atoms with Crippen molar-refractivity contribution < 1.29 is 4.79 Å². The van der Waals surface area contributed by atoms with E-state index in [-0.39, 0.29) is 17.3 Å². The molecule has 2 rings (SSSR count).